The Bertz CT molecular complexity index is 1630. The first-order chi connectivity index (χ1) is 21.6. The summed E-state index contributed by atoms with van der Waals surface area (Å²) in [4.78, 5) is 52.5. The number of esters is 2. The largest absolute Gasteiger partial charge is 0.491 e. The molecule has 3 N–H and O–H groups in total. The van der Waals surface area contributed by atoms with Crippen molar-refractivity contribution >= 4 is 40.3 Å². The van der Waals surface area contributed by atoms with E-state index in [1.54, 1.807) is 36.5 Å². The fourth-order valence-electron chi connectivity index (χ4n) is 4.51. The number of carbonyl (C=O) groups excluding carboxylic acids is 4. The molecule has 0 radical (unpaired) electrons. The Morgan fingerprint density at radius 1 is 0.800 bits per heavy atom. The second-order valence-electron chi connectivity index (χ2n) is 10.1. The molecule has 45 heavy (non-hydrogen) atoms. The van der Waals surface area contributed by atoms with Gasteiger partial charge in [0, 0.05) is 19.2 Å². The average molecular weight is 621 g/mol. The van der Waals surface area contributed by atoms with Crippen LogP contribution in [0.3, 0.4) is 0 Å². The summed E-state index contributed by atoms with van der Waals surface area (Å²) in [5.41, 5.74) is 2.12. The summed E-state index contributed by atoms with van der Waals surface area (Å²) in [6, 6.07) is 24.8. The van der Waals surface area contributed by atoms with Crippen LogP contribution >= 0.6 is 0 Å². The molecule has 0 bridgehead atoms. The van der Waals surface area contributed by atoms with Crippen LogP contribution in [0, 0.1) is 0 Å². The molecule has 1 atom stereocenters. The van der Waals surface area contributed by atoms with Crippen molar-refractivity contribution in [2.24, 2.45) is 0 Å². The summed E-state index contributed by atoms with van der Waals surface area (Å²) in [5.74, 6) is -4.44. The van der Waals surface area contributed by atoms with Crippen LogP contribution < -0.4 is 16.0 Å². The summed E-state index contributed by atoms with van der Waals surface area (Å²) in [6.07, 6.45) is -3.03. The summed E-state index contributed by atoms with van der Waals surface area (Å²) in [7, 11) is 0. The number of ether oxygens (including phenoxy) is 1. The summed E-state index contributed by atoms with van der Waals surface area (Å²) >= 11 is 0. The highest BCUT2D eigenvalue weighted by molar-refractivity contribution is 5.90. The van der Waals surface area contributed by atoms with Crippen LogP contribution in [-0.2, 0) is 23.9 Å². The van der Waals surface area contributed by atoms with Crippen LogP contribution in [0.4, 0.5) is 19.0 Å². The van der Waals surface area contributed by atoms with Crippen LogP contribution in [0.5, 0.6) is 0 Å². The van der Waals surface area contributed by atoms with E-state index >= 15 is 0 Å². The second kappa shape index (κ2) is 15.5. The third kappa shape index (κ3) is 10.2. The summed E-state index contributed by atoms with van der Waals surface area (Å²) in [6.45, 7) is 0.187. The lowest BCUT2D eigenvalue weighted by atomic mass is 9.97. The number of alkyl halides is 3. The second-order valence-corrected chi connectivity index (χ2v) is 10.1. The number of rotatable bonds is 13. The molecule has 9 nitrogen and oxygen atoms in total. The minimum absolute atomic E-state index is 0.169. The van der Waals surface area contributed by atoms with Gasteiger partial charge < -0.3 is 20.7 Å². The Kier molecular flexibility index (Phi) is 11.2. The Morgan fingerprint density at radius 3 is 2.22 bits per heavy atom. The number of nitrogens with one attached hydrogen (secondary N) is 3. The zero-order chi connectivity index (χ0) is 32.2. The van der Waals surface area contributed by atoms with Gasteiger partial charge in [0.05, 0.1) is 19.0 Å². The highest BCUT2D eigenvalue weighted by atomic mass is 19.4. The van der Waals surface area contributed by atoms with Gasteiger partial charge in [-0.1, -0.05) is 66.7 Å². The van der Waals surface area contributed by atoms with E-state index < -0.39 is 43.0 Å². The van der Waals surface area contributed by atoms with E-state index in [9.17, 15) is 32.3 Å². The van der Waals surface area contributed by atoms with Crippen molar-refractivity contribution < 1.29 is 37.1 Å². The maximum absolute atomic E-state index is 12.7. The fourth-order valence-corrected chi connectivity index (χ4v) is 4.51. The predicted octanol–water partition coefficient (Wildman–Crippen LogP) is 5.48. The van der Waals surface area contributed by atoms with E-state index in [4.69, 9.17) is 0 Å². The number of benzene rings is 3. The molecule has 4 aromatic rings. The molecule has 0 fully saturated rings. The Balaban J connectivity index is 1.34. The number of halogens is 3. The number of unbranched alkanes of at least 4 members (excludes halogenated alkanes) is 1. The molecular formula is C33H31F3N4O5. The van der Waals surface area contributed by atoms with E-state index in [0.717, 1.165) is 27.7 Å². The lowest BCUT2D eigenvalue weighted by Crippen LogP contribution is -2.39. The van der Waals surface area contributed by atoms with Crippen molar-refractivity contribution in [3.8, 4) is 11.1 Å². The number of carbonyl (C=O) groups is 4. The van der Waals surface area contributed by atoms with Crippen LogP contribution in [-0.4, -0.2) is 48.0 Å². The number of hydrogen-bond donors (Lipinski definition) is 3. The molecule has 234 valence electrons. The molecule has 1 aromatic heterocycles. The van der Waals surface area contributed by atoms with Crippen molar-refractivity contribution in [2.75, 3.05) is 18.4 Å². The zero-order valence-corrected chi connectivity index (χ0v) is 24.1. The highest BCUT2D eigenvalue weighted by Crippen LogP contribution is 2.27. The van der Waals surface area contributed by atoms with Crippen LogP contribution in [0.1, 0.15) is 37.3 Å². The molecule has 1 heterocycles. The summed E-state index contributed by atoms with van der Waals surface area (Å²) in [5, 5.41) is 10.3. The van der Waals surface area contributed by atoms with Gasteiger partial charge in [0.25, 0.3) is 0 Å². The standard InChI is InChI=1S/C33H31F3N4O5/c34-33(35,36)32(44)45-31(43)20-27(24-14-11-23(12-15-24)26-16-13-22-7-1-2-8-25(22)19-26)40-30(42)21-39-29(41)10-4-6-18-38-28-9-3-5-17-37-28/h1-3,5,7-9,11-17,19,27H,4,6,10,18,20-21H2,(H,37,38)(H,39,41)(H,40,42). The van der Waals surface area contributed by atoms with Gasteiger partial charge in [0.2, 0.25) is 11.8 Å². The van der Waals surface area contributed by atoms with Gasteiger partial charge in [-0.2, -0.15) is 13.2 Å². The van der Waals surface area contributed by atoms with Crippen molar-refractivity contribution in [1.82, 2.24) is 15.6 Å². The van der Waals surface area contributed by atoms with Crippen LogP contribution in [0.15, 0.2) is 91.1 Å². The third-order valence-corrected chi connectivity index (χ3v) is 6.79. The van der Waals surface area contributed by atoms with Crippen molar-refractivity contribution in [3.05, 3.63) is 96.7 Å². The van der Waals surface area contributed by atoms with Crippen molar-refractivity contribution in [2.45, 2.75) is 37.9 Å². The van der Waals surface area contributed by atoms with E-state index in [1.807, 2.05) is 54.6 Å². The summed E-state index contributed by atoms with van der Waals surface area (Å²) < 4.78 is 41.8. The monoisotopic (exact) mass is 620 g/mol. The minimum atomic E-state index is -5.35. The first-order valence-corrected chi connectivity index (χ1v) is 14.2. The molecule has 0 spiro atoms. The SMILES string of the molecule is O=C(CCCCNc1ccccn1)NCC(=O)NC(CC(=O)OC(=O)C(F)(F)F)c1ccc(-c2ccc3ccccc3c2)cc1. The number of anilines is 1. The van der Waals surface area contributed by atoms with E-state index in [2.05, 4.69) is 25.7 Å². The molecule has 12 heteroatoms. The van der Waals surface area contributed by atoms with Gasteiger partial charge in [0.1, 0.15) is 5.82 Å². The third-order valence-electron chi connectivity index (χ3n) is 6.79. The molecule has 0 aliphatic carbocycles. The number of amides is 2. The van der Waals surface area contributed by atoms with Crippen molar-refractivity contribution in [1.29, 1.82) is 0 Å². The van der Waals surface area contributed by atoms with Gasteiger partial charge in [0.15, 0.2) is 0 Å². The number of pyridine rings is 1. The smallest absolute Gasteiger partial charge is 0.386 e. The maximum Gasteiger partial charge on any atom is 0.491 e. The molecule has 0 aliphatic heterocycles. The van der Waals surface area contributed by atoms with Gasteiger partial charge in [-0.15, -0.1) is 0 Å². The number of aromatic nitrogens is 1. The lowest BCUT2D eigenvalue weighted by Gasteiger charge is -2.19. The molecule has 0 saturated heterocycles. The number of nitrogens with zero attached hydrogens (tertiary/aromatic N) is 1. The zero-order valence-electron chi connectivity index (χ0n) is 24.1. The molecule has 3 aromatic carbocycles. The number of fused-ring (bicyclic) bond motifs is 1. The van der Waals surface area contributed by atoms with Crippen molar-refractivity contribution in [3.63, 3.8) is 0 Å². The Morgan fingerprint density at radius 2 is 1.51 bits per heavy atom. The molecule has 2 amide bonds. The van der Waals surface area contributed by atoms with Crippen LogP contribution in [0.25, 0.3) is 21.9 Å². The lowest BCUT2D eigenvalue weighted by molar-refractivity contribution is -0.202. The van der Waals surface area contributed by atoms with Crippen LogP contribution in [0.2, 0.25) is 0 Å². The van der Waals surface area contributed by atoms with Gasteiger partial charge >= 0.3 is 18.1 Å². The normalized spacial score (nSPS) is 11.8. The quantitative estimate of drug-likeness (QED) is 0.103. The van der Waals surface area contributed by atoms with Gasteiger partial charge in [-0.25, -0.2) is 9.78 Å². The Labute approximate surface area is 257 Å². The van der Waals surface area contributed by atoms with E-state index in [1.165, 1.54) is 0 Å². The van der Waals surface area contributed by atoms with Gasteiger partial charge in [-0.05, 0) is 58.5 Å². The molecule has 4 rings (SSSR count). The molecule has 1 unspecified atom stereocenters. The average Bonchev–Trinajstić information content (AvgIpc) is 3.03. The topological polar surface area (TPSA) is 126 Å². The molecular weight excluding hydrogens is 589 g/mol. The fraction of sp³-hybridized carbons (Fsp3) is 0.242. The van der Waals surface area contributed by atoms with E-state index in [-0.39, 0.29) is 12.3 Å². The predicted molar refractivity (Wildman–Crippen MR) is 162 cm³/mol. The van der Waals surface area contributed by atoms with Gasteiger partial charge in [-0.3, -0.25) is 14.4 Å². The first-order valence-electron chi connectivity index (χ1n) is 14.2. The number of hydrogen-bond acceptors (Lipinski definition) is 7. The molecule has 0 saturated carbocycles. The maximum atomic E-state index is 12.7. The van der Waals surface area contributed by atoms with E-state index in [0.29, 0.717) is 24.9 Å². The Hall–Kier alpha value is -5.26. The first kappa shape index (κ1) is 32.6. The highest BCUT2D eigenvalue weighted by Gasteiger charge is 2.42. The minimum Gasteiger partial charge on any atom is -0.386 e. The molecule has 0 aliphatic rings.